The first-order valence-corrected chi connectivity index (χ1v) is 9.92. The highest BCUT2D eigenvalue weighted by Crippen LogP contribution is 2.38. The first-order valence-electron chi connectivity index (χ1n) is 9.92. The van der Waals surface area contributed by atoms with Gasteiger partial charge in [-0.25, -0.2) is 0 Å². The molecule has 2 atom stereocenters. The predicted molar refractivity (Wildman–Crippen MR) is 112 cm³/mol. The summed E-state index contributed by atoms with van der Waals surface area (Å²) in [6.45, 7) is 7.28. The molecule has 26 heavy (non-hydrogen) atoms. The number of phenolic OH excluding ortho intramolecular Hbond substituents is 1. The zero-order valence-electron chi connectivity index (χ0n) is 18.1. The molecule has 1 aromatic rings. The third-order valence-corrected chi connectivity index (χ3v) is 5.84. The van der Waals surface area contributed by atoms with Crippen LogP contribution in [0.25, 0.3) is 0 Å². The summed E-state index contributed by atoms with van der Waals surface area (Å²) in [5.41, 5.74) is 3.14. The zero-order valence-corrected chi connectivity index (χ0v) is 18.1. The van der Waals surface area contributed by atoms with Crippen molar-refractivity contribution < 1.29 is 5.11 Å². The number of nitrogens with zero attached hydrogens (tertiary/aromatic N) is 3. The summed E-state index contributed by atoms with van der Waals surface area (Å²) < 4.78 is 0. The molecule has 1 aliphatic carbocycles. The molecule has 0 aromatic heterocycles. The van der Waals surface area contributed by atoms with Crippen molar-refractivity contribution >= 4 is 5.69 Å². The molecular weight excluding hydrogens is 322 g/mol. The molecule has 1 fully saturated rings. The van der Waals surface area contributed by atoms with E-state index >= 15 is 0 Å². The van der Waals surface area contributed by atoms with Gasteiger partial charge in [0.25, 0.3) is 0 Å². The van der Waals surface area contributed by atoms with Crippen LogP contribution in [0, 0.1) is 0 Å². The maximum Gasteiger partial charge on any atom is 0.123 e. The lowest BCUT2D eigenvalue weighted by Gasteiger charge is -2.41. The van der Waals surface area contributed by atoms with Gasteiger partial charge in [0.2, 0.25) is 0 Å². The second kappa shape index (κ2) is 8.18. The van der Waals surface area contributed by atoms with E-state index in [2.05, 4.69) is 82.8 Å². The predicted octanol–water partition coefficient (Wildman–Crippen LogP) is 4.06. The molecule has 4 nitrogen and oxygen atoms in total. The number of rotatable bonds is 5. The van der Waals surface area contributed by atoms with E-state index in [1.165, 1.54) is 25.7 Å². The molecule has 0 unspecified atom stereocenters. The molecular formula is C22H39N3O. The normalized spacial score (nSPS) is 21.5. The van der Waals surface area contributed by atoms with Gasteiger partial charge in [-0.05, 0) is 51.5 Å². The molecule has 0 spiro atoms. The zero-order chi connectivity index (χ0) is 19.6. The third-order valence-electron chi connectivity index (χ3n) is 5.84. The number of aromatic hydroxyl groups is 1. The molecule has 148 valence electrons. The Morgan fingerprint density at radius 3 is 2.04 bits per heavy atom. The van der Waals surface area contributed by atoms with Crippen molar-refractivity contribution in [1.29, 1.82) is 0 Å². The van der Waals surface area contributed by atoms with Crippen molar-refractivity contribution in [3.8, 4) is 5.75 Å². The molecule has 1 aromatic carbocycles. The van der Waals surface area contributed by atoms with Crippen LogP contribution in [-0.2, 0) is 12.0 Å². The molecule has 0 bridgehead atoms. The van der Waals surface area contributed by atoms with Gasteiger partial charge in [0.15, 0.2) is 0 Å². The number of phenols is 1. The molecule has 1 saturated carbocycles. The van der Waals surface area contributed by atoms with Crippen LogP contribution in [0.1, 0.15) is 57.6 Å². The lowest BCUT2D eigenvalue weighted by atomic mass is 9.84. The fourth-order valence-electron chi connectivity index (χ4n) is 4.22. The quantitative estimate of drug-likeness (QED) is 0.856. The standard InChI is InChI=1S/C22H39N3O/c1-22(2,3)18-14-17(23(4)5)13-16(21(18)26)15-25(8)20-12-10-9-11-19(20)24(6)7/h13-14,19-20,26H,9-12,15H2,1-8H3/t19-,20-/m1/s1. The van der Waals surface area contributed by atoms with Crippen molar-refractivity contribution in [2.75, 3.05) is 40.1 Å². The van der Waals surface area contributed by atoms with Crippen molar-refractivity contribution in [2.24, 2.45) is 0 Å². The van der Waals surface area contributed by atoms with Crippen molar-refractivity contribution in [3.05, 3.63) is 23.3 Å². The Balaban J connectivity index is 2.34. The SMILES string of the molecule is CN(C)c1cc(CN(C)[C@@H]2CCCC[C@H]2N(C)C)c(O)c(C(C)(C)C)c1. The van der Waals surface area contributed by atoms with Gasteiger partial charge in [0.05, 0.1) is 0 Å². The second-order valence-electron chi connectivity index (χ2n) is 9.44. The van der Waals surface area contributed by atoms with E-state index in [0.29, 0.717) is 17.8 Å². The van der Waals surface area contributed by atoms with Crippen LogP contribution in [0.5, 0.6) is 5.75 Å². The van der Waals surface area contributed by atoms with E-state index in [4.69, 9.17) is 0 Å². The molecule has 4 heteroatoms. The van der Waals surface area contributed by atoms with E-state index < -0.39 is 0 Å². The van der Waals surface area contributed by atoms with E-state index in [0.717, 1.165) is 23.4 Å². The average molecular weight is 362 g/mol. The number of hydrogen-bond acceptors (Lipinski definition) is 4. The number of anilines is 1. The fourth-order valence-corrected chi connectivity index (χ4v) is 4.22. The smallest absolute Gasteiger partial charge is 0.123 e. The summed E-state index contributed by atoms with van der Waals surface area (Å²) in [5.74, 6) is 0.465. The minimum atomic E-state index is -0.0829. The highest BCUT2D eigenvalue weighted by Gasteiger charge is 2.30. The van der Waals surface area contributed by atoms with Gasteiger partial charge >= 0.3 is 0 Å². The Morgan fingerprint density at radius 1 is 0.962 bits per heavy atom. The Labute approximate surface area is 160 Å². The average Bonchev–Trinajstić information content (AvgIpc) is 2.55. The molecule has 1 N–H and O–H groups in total. The maximum atomic E-state index is 11.0. The van der Waals surface area contributed by atoms with Crippen LogP contribution in [0.2, 0.25) is 0 Å². The van der Waals surface area contributed by atoms with E-state index in [1.807, 2.05) is 0 Å². The third kappa shape index (κ3) is 4.72. The largest absolute Gasteiger partial charge is 0.507 e. The molecule has 0 aliphatic heterocycles. The summed E-state index contributed by atoms with van der Waals surface area (Å²) in [4.78, 5) is 6.95. The molecule has 0 saturated heterocycles. The van der Waals surface area contributed by atoms with Gasteiger partial charge in [0.1, 0.15) is 5.75 Å². The first-order chi connectivity index (χ1) is 12.0. The van der Waals surface area contributed by atoms with Gasteiger partial charge in [-0.3, -0.25) is 4.90 Å². The van der Waals surface area contributed by atoms with Crippen molar-refractivity contribution in [3.63, 3.8) is 0 Å². The molecule has 1 aliphatic rings. The highest BCUT2D eigenvalue weighted by molar-refractivity contribution is 5.58. The summed E-state index contributed by atoms with van der Waals surface area (Å²) in [6, 6.07) is 5.41. The fraction of sp³-hybridized carbons (Fsp3) is 0.727. The molecule has 0 radical (unpaired) electrons. The van der Waals surface area contributed by atoms with Crippen LogP contribution < -0.4 is 4.90 Å². The van der Waals surface area contributed by atoms with Gasteiger partial charge in [-0.2, -0.15) is 0 Å². The van der Waals surface area contributed by atoms with Crippen molar-refractivity contribution in [1.82, 2.24) is 9.80 Å². The Kier molecular flexibility index (Phi) is 6.62. The Bertz CT molecular complexity index is 604. The second-order valence-corrected chi connectivity index (χ2v) is 9.44. The van der Waals surface area contributed by atoms with Gasteiger partial charge in [-0.1, -0.05) is 33.6 Å². The maximum absolute atomic E-state index is 11.0. The van der Waals surface area contributed by atoms with E-state index in [-0.39, 0.29) is 5.41 Å². The van der Waals surface area contributed by atoms with Crippen LogP contribution in [0.15, 0.2) is 12.1 Å². The Morgan fingerprint density at radius 2 is 1.54 bits per heavy atom. The lowest BCUT2D eigenvalue weighted by molar-refractivity contribution is 0.0871. The first kappa shape index (κ1) is 21.0. The molecule has 2 rings (SSSR count). The van der Waals surface area contributed by atoms with Crippen LogP contribution in [-0.4, -0.2) is 62.2 Å². The van der Waals surface area contributed by atoms with Crippen molar-refractivity contribution in [2.45, 2.75) is 70.5 Å². The number of hydrogen-bond donors (Lipinski definition) is 1. The summed E-state index contributed by atoms with van der Waals surface area (Å²) in [5, 5.41) is 11.0. The molecule has 0 amide bonds. The van der Waals surface area contributed by atoms with E-state index in [9.17, 15) is 5.11 Å². The lowest BCUT2D eigenvalue weighted by Crippen LogP contribution is -2.49. The summed E-state index contributed by atoms with van der Waals surface area (Å²) in [7, 11) is 10.7. The van der Waals surface area contributed by atoms with Gasteiger partial charge in [-0.15, -0.1) is 0 Å². The topological polar surface area (TPSA) is 30.0 Å². The molecule has 0 heterocycles. The summed E-state index contributed by atoms with van der Waals surface area (Å²) in [6.07, 6.45) is 5.12. The minimum absolute atomic E-state index is 0.0829. The van der Waals surface area contributed by atoms with Crippen LogP contribution in [0.3, 0.4) is 0 Å². The summed E-state index contributed by atoms with van der Waals surface area (Å²) >= 11 is 0. The number of likely N-dealkylation sites (N-methyl/N-ethyl adjacent to an activating group) is 2. The monoisotopic (exact) mass is 361 g/mol. The Hall–Kier alpha value is -1.26. The van der Waals surface area contributed by atoms with Crippen LogP contribution in [0.4, 0.5) is 5.69 Å². The van der Waals surface area contributed by atoms with Gasteiger partial charge in [0, 0.05) is 49.5 Å². The highest BCUT2D eigenvalue weighted by atomic mass is 16.3. The number of benzene rings is 1. The van der Waals surface area contributed by atoms with Crippen LogP contribution >= 0.6 is 0 Å². The van der Waals surface area contributed by atoms with Gasteiger partial charge < -0.3 is 14.9 Å². The van der Waals surface area contributed by atoms with E-state index in [1.54, 1.807) is 0 Å². The minimum Gasteiger partial charge on any atom is -0.507 e.